The monoisotopic (exact) mass is 567 g/mol. The third kappa shape index (κ3) is 10.1. The molecule has 8 nitrogen and oxygen atoms in total. The zero-order valence-electron chi connectivity index (χ0n) is 25.7. The van der Waals surface area contributed by atoms with Gasteiger partial charge in [-0.05, 0) is 76.4 Å². The van der Waals surface area contributed by atoms with Crippen molar-refractivity contribution >= 4 is 12.1 Å². The van der Waals surface area contributed by atoms with Crippen molar-refractivity contribution in [1.82, 2.24) is 14.8 Å². The first-order chi connectivity index (χ1) is 19.5. The van der Waals surface area contributed by atoms with E-state index in [2.05, 4.69) is 22.9 Å². The maximum atomic E-state index is 13.2. The lowest BCUT2D eigenvalue weighted by Crippen LogP contribution is -2.45. The molecule has 8 heteroatoms. The Morgan fingerprint density at radius 2 is 2.00 bits per heavy atom. The fourth-order valence-electron chi connectivity index (χ4n) is 5.25. The summed E-state index contributed by atoms with van der Waals surface area (Å²) in [6, 6.07) is 5.87. The van der Waals surface area contributed by atoms with Crippen LogP contribution in [0, 0.1) is 11.8 Å². The van der Waals surface area contributed by atoms with E-state index < -0.39 is 23.9 Å². The Hall–Kier alpha value is -2.97. The van der Waals surface area contributed by atoms with E-state index in [1.807, 2.05) is 64.2 Å². The fourth-order valence-corrected chi connectivity index (χ4v) is 5.25. The van der Waals surface area contributed by atoms with E-state index in [0.717, 1.165) is 30.8 Å². The van der Waals surface area contributed by atoms with Gasteiger partial charge in [-0.25, -0.2) is 4.79 Å². The molecule has 2 aliphatic rings. The molecule has 0 saturated carbocycles. The molecule has 1 N–H and O–H groups in total. The molecule has 0 aliphatic carbocycles. The number of nitrogens with zero attached hydrogens (tertiary/aromatic N) is 3. The Bertz CT molecular complexity index is 1080. The average Bonchev–Trinajstić information content (AvgIpc) is 3.16. The predicted molar refractivity (Wildman–Crippen MR) is 161 cm³/mol. The maximum absolute atomic E-state index is 13.2. The van der Waals surface area contributed by atoms with Crippen LogP contribution >= 0.6 is 0 Å². The predicted octanol–water partition coefficient (Wildman–Crippen LogP) is 5.51. The van der Waals surface area contributed by atoms with Crippen LogP contribution in [0.3, 0.4) is 0 Å². The SMILES string of the molecule is C/C(=C\C=C\[C@@H](C)c1ccccn1)[C@H]1OC(=O)C[C@H](C)CC[C@@](C)(O)[C@@H](OC(=O)N2CCCN(C)CC2)/C=C/[C@@H]1C. The summed E-state index contributed by atoms with van der Waals surface area (Å²) < 4.78 is 12.0. The van der Waals surface area contributed by atoms with Crippen LogP contribution in [-0.2, 0) is 14.3 Å². The topological polar surface area (TPSA) is 92.2 Å². The van der Waals surface area contributed by atoms with E-state index in [0.29, 0.717) is 25.9 Å². The third-order valence-electron chi connectivity index (χ3n) is 8.16. The molecule has 0 radical (unpaired) electrons. The quantitative estimate of drug-likeness (QED) is 0.285. The molecule has 1 amide bonds. The first-order valence-electron chi connectivity index (χ1n) is 15.0. The molecular formula is C33H49N3O5. The number of aliphatic hydroxyl groups is 1. The number of cyclic esters (lactones) is 1. The Morgan fingerprint density at radius 3 is 2.73 bits per heavy atom. The van der Waals surface area contributed by atoms with Crippen molar-refractivity contribution in [2.24, 2.45) is 11.8 Å². The van der Waals surface area contributed by atoms with Crippen LogP contribution < -0.4 is 0 Å². The van der Waals surface area contributed by atoms with Gasteiger partial charge in [0.15, 0.2) is 6.10 Å². The molecule has 0 spiro atoms. The number of ether oxygens (including phenoxy) is 2. The molecule has 3 heterocycles. The van der Waals surface area contributed by atoms with Crippen molar-refractivity contribution in [2.45, 2.75) is 84.0 Å². The lowest BCUT2D eigenvalue weighted by Gasteiger charge is -2.34. The van der Waals surface area contributed by atoms with Crippen molar-refractivity contribution in [2.75, 3.05) is 33.2 Å². The number of pyridine rings is 1. The van der Waals surface area contributed by atoms with Gasteiger partial charge in [0.25, 0.3) is 0 Å². The molecule has 0 unspecified atom stereocenters. The van der Waals surface area contributed by atoms with Gasteiger partial charge in [-0.3, -0.25) is 9.78 Å². The highest BCUT2D eigenvalue weighted by molar-refractivity contribution is 5.70. The second-order valence-corrected chi connectivity index (χ2v) is 12.1. The van der Waals surface area contributed by atoms with Gasteiger partial charge in [-0.2, -0.15) is 0 Å². The van der Waals surface area contributed by atoms with Crippen molar-refractivity contribution in [1.29, 1.82) is 0 Å². The number of carbonyl (C=O) groups is 2. The summed E-state index contributed by atoms with van der Waals surface area (Å²) in [4.78, 5) is 34.4. The van der Waals surface area contributed by atoms with Gasteiger partial charge >= 0.3 is 12.1 Å². The van der Waals surface area contributed by atoms with Gasteiger partial charge in [0.2, 0.25) is 0 Å². The van der Waals surface area contributed by atoms with Gasteiger partial charge in [0.1, 0.15) is 11.7 Å². The number of hydrogen-bond acceptors (Lipinski definition) is 7. The van der Waals surface area contributed by atoms with E-state index in [1.165, 1.54) is 0 Å². The number of esters is 1. The van der Waals surface area contributed by atoms with Crippen molar-refractivity contribution in [3.8, 4) is 0 Å². The minimum atomic E-state index is -1.28. The Morgan fingerprint density at radius 1 is 1.22 bits per heavy atom. The molecule has 1 aromatic rings. The summed E-state index contributed by atoms with van der Waals surface area (Å²) >= 11 is 0. The summed E-state index contributed by atoms with van der Waals surface area (Å²) in [5.74, 6) is -0.320. The second kappa shape index (κ2) is 15.3. The van der Waals surface area contributed by atoms with Crippen molar-refractivity contribution < 1.29 is 24.2 Å². The zero-order valence-corrected chi connectivity index (χ0v) is 25.7. The average molecular weight is 568 g/mol. The molecule has 226 valence electrons. The fraction of sp³-hybridized carbons (Fsp3) is 0.606. The number of rotatable bonds is 5. The van der Waals surface area contributed by atoms with Gasteiger partial charge < -0.3 is 24.4 Å². The van der Waals surface area contributed by atoms with Crippen LogP contribution in [-0.4, -0.2) is 83.0 Å². The summed E-state index contributed by atoms with van der Waals surface area (Å²) in [5, 5.41) is 11.5. The van der Waals surface area contributed by atoms with Crippen LogP contribution in [0.15, 0.2) is 60.3 Å². The van der Waals surface area contributed by atoms with Gasteiger partial charge in [-0.1, -0.05) is 51.1 Å². The largest absolute Gasteiger partial charge is 0.457 e. The highest BCUT2D eigenvalue weighted by Crippen LogP contribution is 2.29. The number of carbonyl (C=O) groups excluding carboxylic acids is 2. The van der Waals surface area contributed by atoms with Crippen molar-refractivity contribution in [3.63, 3.8) is 0 Å². The standard InChI is InChI=1S/C33H49N3O5/c1-24-16-17-33(5,39)29(40-32(38)36-20-10-19-35(6)21-22-36)15-14-27(4)31(41-30(37)23-24)26(3)12-9-11-25(2)28-13-7-8-18-34-28/h7-9,11-15,18,24-25,27,29,31,39H,10,16-17,19-23H2,1-6H3/b11-9+,15-14+,26-12+/t24-,25-,27+,29+,31-,33-/m1/s1. The summed E-state index contributed by atoms with van der Waals surface area (Å²) in [6.07, 6.45) is 11.9. The summed E-state index contributed by atoms with van der Waals surface area (Å²) in [5.41, 5.74) is 0.604. The van der Waals surface area contributed by atoms with E-state index in [4.69, 9.17) is 9.47 Å². The minimum Gasteiger partial charge on any atom is -0.457 e. The molecule has 2 aliphatic heterocycles. The smallest absolute Gasteiger partial charge is 0.410 e. The Kier molecular flexibility index (Phi) is 12.2. The highest BCUT2D eigenvalue weighted by Gasteiger charge is 2.36. The number of likely N-dealkylation sites (N-methyl/N-ethyl adjacent to an activating group) is 1. The Labute approximate surface area is 246 Å². The van der Waals surface area contributed by atoms with E-state index in [1.54, 1.807) is 24.1 Å². The highest BCUT2D eigenvalue weighted by atomic mass is 16.6. The zero-order chi connectivity index (χ0) is 30.0. The number of amides is 1. The summed E-state index contributed by atoms with van der Waals surface area (Å²) in [7, 11) is 2.05. The molecule has 6 atom stereocenters. The normalized spacial score (nSPS) is 31.0. The summed E-state index contributed by atoms with van der Waals surface area (Å²) in [6.45, 7) is 12.6. The second-order valence-electron chi connectivity index (χ2n) is 12.1. The molecule has 0 bridgehead atoms. The van der Waals surface area contributed by atoms with Gasteiger partial charge in [0.05, 0.1) is 0 Å². The van der Waals surface area contributed by atoms with Gasteiger partial charge in [0, 0.05) is 49.8 Å². The first kappa shape index (κ1) is 32.5. The lowest BCUT2D eigenvalue weighted by atomic mass is 9.87. The lowest BCUT2D eigenvalue weighted by molar-refractivity contribution is -0.150. The molecule has 1 aromatic heterocycles. The molecular weight excluding hydrogens is 518 g/mol. The van der Waals surface area contributed by atoms with Crippen LogP contribution in [0.5, 0.6) is 0 Å². The Balaban J connectivity index is 1.81. The van der Waals surface area contributed by atoms with Crippen LogP contribution in [0.4, 0.5) is 4.79 Å². The maximum Gasteiger partial charge on any atom is 0.410 e. The minimum absolute atomic E-state index is 0.00855. The van der Waals surface area contributed by atoms with Crippen LogP contribution in [0.1, 0.15) is 71.9 Å². The van der Waals surface area contributed by atoms with E-state index in [-0.39, 0.29) is 30.1 Å². The molecule has 3 rings (SSSR count). The van der Waals surface area contributed by atoms with Gasteiger partial charge in [-0.15, -0.1) is 0 Å². The first-order valence-corrected chi connectivity index (χ1v) is 15.0. The molecule has 1 fully saturated rings. The molecule has 41 heavy (non-hydrogen) atoms. The van der Waals surface area contributed by atoms with Crippen LogP contribution in [0.25, 0.3) is 0 Å². The third-order valence-corrected chi connectivity index (χ3v) is 8.16. The molecule has 1 saturated heterocycles. The number of aromatic nitrogens is 1. The molecule has 0 aromatic carbocycles. The number of allylic oxidation sites excluding steroid dienone is 3. The van der Waals surface area contributed by atoms with Crippen LogP contribution in [0.2, 0.25) is 0 Å². The van der Waals surface area contributed by atoms with E-state index in [9.17, 15) is 14.7 Å². The number of hydrogen-bond donors (Lipinski definition) is 1. The van der Waals surface area contributed by atoms with Crippen molar-refractivity contribution in [3.05, 3.63) is 66.0 Å². The van der Waals surface area contributed by atoms with E-state index >= 15 is 0 Å².